The van der Waals surface area contributed by atoms with Crippen LogP contribution in [0.15, 0.2) is 59.5 Å². The molecule has 1 saturated heterocycles. The molecule has 0 radical (unpaired) electrons. The van der Waals surface area contributed by atoms with E-state index in [1.54, 1.807) is 24.3 Å². The van der Waals surface area contributed by atoms with Gasteiger partial charge >= 0.3 is 0 Å². The molecule has 3 rings (SSSR count). The molecule has 126 valence electrons. The summed E-state index contributed by atoms with van der Waals surface area (Å²) >= 11 is 0.470. The van der Waals surface area contributed by atoms with Gasteiger partial charge in [0.1, 0.15) is 0 Å². The number of carbonyl (C=O) groups excluding carboxylic acids is 1. The SMILES string of the molecule is O=C(c1cccc(SC(F)F)c1)N1CCC(c2ccccc2)CC1. The Labute approximate surface area is 144 Å². The minimum absolute atomic E-state index is 0.0711. The van der Waals surface area contributed by atoms with Gasteiger partial charge < -0.3 is 4.90 Å². The Hall–Kier alpha value is -1.88. The first kappa shape index (κ1) is 17.0. The van der Waals surface area contributed by atoms with E-state index in [1.807, 2.05) is 23.1 Å². The minimum atomic E-state index is -2.48. The van der Waals surface area contributed by atoms with Gasteiger partial charge in [-0.1, -0.05) is 48.2 Å². The lowest BCUT2D eigenvalue weighted by Crippen LogP contribution is -2.37. The third-order valence-corrected chi connectivity index (χ3v) is 5.06. The fourth-order valence-corrected chi connectivity index (χ4v) is 3.69. The van der Waals surface area contributed by atoms with Crippen molar-refractivity contribution in [2.45, 2.75) is 29.4 Å². The van der Waals surface area contributed by atoms with Crippen LogP contribution < -0.4 is 0 Å². The molecule has 0 spiro atoms. The van der Waals surface area contributed by atoms with Gasteiger partial charge in [0.25, 0.3) is 11.7 Å². The van der Waals surface area contributed by atoms with Gasteiger partial charge in [0.2, 0.25) is 0 Å². The third kappa shape index (κ3) is 4.15. The molecule has 2 aromatic rings. The smallest absolute Gasteiger partial charge is 0.288 e. The summed E-state index contributed by atoms with van der Waals surface area (Å²) in [5, 5.41) is 0. The van der Waals surface area contributed by atoms with E-state index >= 15 is 0 Å². The maximum atomic E-state index is 12.6. The molecular formula is C19H19F2NOS. The first-order valence-electron chi connectivity index (χ1n) is 8.02. The summed E-state index contributed by atoms with van der Waals surface area (Å²) in [6.45, 7) is 1.40. The van der Waals surface area contributed by atoms with Crippen LogP contribution in [0.4, 0.5) is 8.78 Å². The van der Waals surface area contributed by atoms with Crippen molar-refractivity contribution < 1.29 is 13.6 Å². The standard InChI is InChI=1S/C19H19F2NOS/c20-19(21)24-17-8-4-7-16(13-17)18(23)22-11-9-15(10-12-22)14-5-2-1-3-6-14/h1-8,13,15,19H,9-12H2. The van der Waals surface area contributed by atoms with E-state index in [-0.39, 0.29) is 5.91 Å². The molecule has 5 heteroatoms. The molecule has 0 bridgehead atoms. The van der Waals surface area contributed by atoms with Crippen LogP contribution in [-0.4, -0.2) is 29.7 Å². The van der Waals surface area contributed by atoms with Gasteiger partial charge in [0, 0.05) is 23.5 Å². The van der Waals surface area contributed by atoms with E-state index in [1.165, 1.54) is 5.56 Å². The molecule has 0 saturated carbocycles. The largest absolute Gasteiger partial charge is 0.339 e. The molecule has 0 aliphatic carbocycles. The predicted octanol–water partition coefficient (Wildman–Crippen LogP) is 5.02. The molecule has 1 aliphatic rings. The predicted molar refractivity (Wildman–Crippen MR) is 92.6 cm³/mol. The fraction of sp³-hybridized carbons (Fsp3) is 0.316. The average molecular weight is 347 g/mol. The van der Waals surface area contributed by atoms with Crippen molar-refractivity contribution in [3.05, 3.63) is 65.7 Å². The Bertz CT molecular complexity index is 685. The number of rotatable bonds is 4. The molecule has 24 heavy (non-hydrogen) atoms. The van der Waals surface area contributed by atoms with Gasteiger partial charge in [0.05, 0.1) is 0 Å². The molecule has 1 aliphatic heterocycles. The average Bonchev–Trinajstić information content (AvgIpc) is 2.62. The number of halogens is 2. The van der Waals surface area contributed by atoms with Crippen LogP contribution in [0.5, 0.6) is 0 Å². The summed E-state index contributed by atoms with van der Waals surface area (Å²) in [4.78, 5) is 14.9. The van der Waals surface area contributed by atoms with Crippen LogP contribution in [0.25, 0.3) is 0 Å². The highest BCUT2D eigenvalue weighted by Gasteiger charge is 2.24. The van der Waals surface area contributed by atoms with Gasteiger partial charge in [-0.05, 0) is 42.5 Å². The second-order valence-corrected chi connectivity index (χ2v) is 6.95. The highest BCUT2D eigenvalue weighted by atomic mass is 32.2. The number of hydrogen-bond donors (Lipinski definition) is 0. The summed E-state index contributed by atoms with van der Waals surface area (Å²) in [6.07, 6.45) is 1.86. The topological polar surface area (TPSA) is 20.3 Å². The number of carbonyl (C=O) groups is 1. The van der Waals surface area contributed by atoms with E-state index in [4.69, 9.17) is 0 Å². The molecule has 2 aromatic carbocycles. The third-order valence-electron chi connectivity index (χ3n) is 4.36. The van der Waals surface area contributed by atoms with Crippen molar-refractivity contribution in [3.63, 3.8) is 0 Å². The number of benzene rings is 2. The lowest BCUT2D eigenvalue weighted by atomic mass is 9.89. The lowest BCUT2D eigenvalue weighted by Gasteiger charge is -2.32. The number of amides is 1. The summed E-state index contributed by atoms with van der Waals surface area (Å²) in [5.74, 6) is -2.06. The molecule has 1 amide bonds. The quantitative estimate of drug-likeness (QED) is 0.724. The first-order chi connectivity index (χ1) is 11.6. The normalized spacial score (nSPS) is 15.7. The number of piperidine rings is 1. The van der Waals surface area contributed by atoms with E-state index in [2.05, 4.69) is 12.1 Å². The molecular weight excluding hydrogens is 328 g/mol. The molecule has 0 aromatic heterocycles. The molecule has 0 N–H and O–H groups in total. The number of likely N-dealkylation sites (tertiary alicyclic amines) is 1. The summed E-state index contributed by atoms with van der Waals surface area (Å²) < 4.78 is 25.0. The summed E-state index contributed by atoms with van der Waals surface area (Å²) in [6, 6.07) is 16.9. The minimum Gasteiger partial charge on any atom is -0.339 e. The van der Waals surface area contributed by atoms with Gasteiger partial charge in [-0.25, -0.2) is 0 Å². The molecule has 2 nitrogen and oxygen atoms in total. The Morgan fingerprint density at radius 1 is 1.04 bits per heavy atom. The Morgan fingerprint density at radius 2 is 1.75 bits per heavy atom. The van der Waals surface area contributed by atoms with Crippen LogP contribution in [-0.2, 0) is 0 Å². The zero-order valence-corrected chi connectivity index (χ0v) is 14.0. The molecule has 0 atom stereocenters. The van der Waals surface area contributed by atoms with Crippen LogP contribution in [0, 0.1) is 0 Å². The van der Waals surface area contributed by atoms with Crippen molar-refractivity contribution in [1.82, 2.24) is 4.90 Å². The maximum Gasteiger partial charge on any atom is 0.288 e. The highest BCUT2D eigenvalue weighted by molar-refractivity contribution is 7.99. The van der Waals surface area contributed by atoms with Crippen LogP contribution in [0.1, 0.15) is 34.7 Å². The van der Waals surface area contributed by atoms with E-state index in [9.17, 15) is 13.6 Å². The van der Waals surface area contributed by atoms with Gasteiger partial charge in [-0.3, -0.25) is 4.79 Å². The Balaban J connectivity index is 1.63. The highest BCUT2D eigenvalue weighted by Crippen LogP contribution is 2.29. The number of thioether (sulfide) groups is 1. The maximum absolute atomic E-state index is 12.6. The number of nitrogens with zero attached hydrogens (tertiary/aromatic N) is 1. The van der Waals surface area contributed by atoms with Crippen LogP contribution in [0.2, 0.25) is 0 Å². The van der Waals surface area contributed by atoms with E-state index in [0.29, 0.717) is 41.2 Å². The van der Waals surface area contributed by atoms with Gasteiger partial charge in [-0.15, -0.1) is 0 Å². The number of alkyl halides is 2. The van der Waals surface area contributed by atoms with Crippen LogP contribution in [0.3, 0.4) is 0 Å². The molecule has 1 heterocycles. The van der Waals surface area contributed by atoms with Crippen molar-refractivity contribution in [2.75, 3.05) is 13.1 Å². The summed E-state index contributed by atoms with van der Waals surface area (Å²) in [5.41, 5.74) is 1.80. The molecule has 1 fully saturated rings. The molecule has 0 unspecified atom stereocenters. The summed E-state index contributed by atoms with van der Waals surface area (Å²) in [7, 11) is 0. The number of hydrogen-bond acceptors (Lipinski definition) is 2. The van der Waals surface area contributed by atoms with Crippen LogP contribution >= 0.6 is 11.8 Å². The van der Waals surface area contributed by atoms with E-state index < -0.39 is 5.76 Å². The monoisotopic (exact) mass is 347 g/mol. The Morgan fingerprint density at radius 3 is 2.42 bits per heavy atom. The van der Waals surface area contributed by atoms with Gasteiger partial charge in [0.15, 0.2) is 0 Å². The Kier molecular flexibility index (Phi) is 5.51. The van der Waals surface area contributed by atoms with E-state index in [0.717, 1.165) is 12.8 Å². The van der Waals surface area contributed by atoms with Crippen molar-refractivity contribution in [2.24, 2.45) is 0 Å². The van der Waals surface area contributed by atoms with Gasteiger partial charge in [-0.2, -0.15) is 8.78 Å². The lowest BCUT2D eigenvalue weighted by molar-refractivity contribution is 0.0712. The van der Waals surface area contributed by atoms with Crippen molar-refractivity contribution in [1.29, 1.82) is 0 Å². The van der Waals surface area contributed by atoms with Crippen molar-refractivity contribution in [3.8, 4) is 0 Å². The van der Waals surface area contributed by atoms with Crippen molar-refractivity contribution >= 4 is 17.7 Å². The first-order valence-corrected chi connectivity index (χ1v) is 8.90. The second kappa shape index (κ2) is 7.79. The zero-order valence-electron chi connectivity index (χ0n) is 13.2. The second-order valence-electron chi connectivity index (χ2n) is 5.88. The fourth-order valence-electron chi connectivity index (χ4n) is 3.13. The zero-order chi connectivity index (χ0) is 16.9.